The normalized spacial score (nSPS) is 24.3. The Morgan fingerprint density at radius 1 is 1.12 bits per heavy atom. The molecule has 2 aromatic rings. The SMILES string of the molecule is COC1CCC2(CC1)Cc1ccc(Oc3cccc(C#N)c3)cc1C2=O. The van der Waals surface area contributed by atoms with Crippen LogP contribution < -0.4 is 4.74 Å². The smallest absolute Gasteiger partial charge is 0.169 e. The summed E-state index contributed by atoms with van der Waals surface area (Å²) in [6, 6.07) is 14.9. The maximum atomic E-state index is 13.1. The highest BCUT2D eigenvalue weighted by atomic mass is 16.5. The van der Waals surface area contributed by atoms with E-state index < -0.39 is 0 Å². The fraction of sp³-hybridized carbons (Fsp3) is 0.364. The number of methoxy groups -OCH3 is 1. The minimum Gasteiger partial charge on any atom is -0.457 e. The zero-order valence-electron chi connectivity index (χ0n) is 14.8. The molecule has 0 amide bonds. The van der Waals surface area contributed by atoms with E-state index in [4.69, 9.17) is 14.7 Å². The Balaban J connectivity index is 1.56. The monoisotopic (exact) mass is 347 g/mol. The van der Waals surface area contributed by atoms with E-state index in [2.05, 4.69) is 6.07 Å². The summed E-state index contributed by atoms with van der Waals surface area (Å²) >= 11 is 0. The first kappa shape index (κ1) is 16.8. The highest BCUT2D eigenvalue weighted by Gasteiger charge is 2.47. The lowest BCUT2D eigenvalue weighted by Gasteiger charge is -2.35. The predicted octanol–water partition coefficient (Wildman–Crippen LogP) is 4.66. The number of ether oxygens (including phenoxy) is 2. The minimum atomic E-state index is -0.253. The van der Waals surface area contributed by atoms with Gasteiger partial charge in [-0.2, -0.15) is 5.26 Å². The van der Waals surface area contributed by atoms with Gasteiger partial charge in [0.1, 0.15) is 11.5 Å². The van der Waals surface area contributed by atoms with E-state index in [0.29, 0.717) is 17.1 Å². The molecule has 0 N–H and O–H groups in total. The van der Waals surface area contributed by atoms with Gasteiger partial charge in [0, 0.05) is 18.1 Å². The number of carbonyl (C=O) groups is 1. The quantitative estimate of drug-likeness (QED) is 0.810. The van der Waals surface area contributed by atoms with E-state index >= 15 is 0 Å². The molecule has 0 heterocycles. The third-order valence-corrected chi connectivity index (χ3v) is 5.76. The standard InChI is InChI=1S/C22H21NO3/c1-25-17-7-9-22(10-8-17)13-16-5-6-19(12-20(16)21(22)24)26-18-4-2-3-15(11-18)14-23/h2-6,11-12,17H,7-10,13H2,1H3. The Hall–Kier alpha value is -2.64. The summed E-state index contributed by atoms with van der Waals surface area (Å²) in [6.45, 7) is 0. The first-order valence-corrected chi connectivity index (χ1v) is 9.02. The number of fused-ring (bicyclic) bond motifs is 1. The van der Waals surface area contributed by atoms with Gasteiger partial charge in [-0.15, -0.1) is 0 Å². The van der Waals surface area contributed by atoms with Gasteiger partial charge in [-0.05, 0) is 68.0 Å². The Morgan fingerprint density at radius 3 is 2.62 bits per heavy atom. The number of rotatable bonds is 3. The Kier molecular flexibility index (Phi) is 4.26. The molecule has 1 spiro atoms. The van der Waals surface area contributed by atoms with Crippen molar-refractivity contribution < 1.29 is 14.3 Å². The lowest BCUT2D eigenvalue weighted by Crippen LogP contribution is -2.35. The number of ketones is 1. The molecule has 1 saturated carbocycles. The van der Waals surface area contributed by atoms with Gasteiger partial charge in [-0.1, -0.05) is 12.1 Å². The second-order valence-electron chi connectivity index (χ2n) is 7.28. The van der Waals surface area contributed by atoms with Crippen molar-refractivity contribution in [1.82, 2.24) is 0 Å². The van der Waals surface area contributed by atoms with Gasteiger partial charge in [0.05, 0.1) is 17.7 Å². The van der Waals surface area contributed by atoms with Crippen LogP contribution in [0.5, 0.6) is 11.5 Å². The van der Waals surface area contributed by atoms with Crippen molar-refractivity contribution in [2.75, 3.05) is 7.11 Å². The number of nitriles is 1. The molecule has 1 fully saturated rings. The molecule has 4 heteroatoms. The molecule has 0 aliphatic heterocycles. The zero-order valence-corrected chi connectivity index (χ0v) is 14.8. The highest BCUT2D eigenvalue weighted by molar-refractivity contribution is 6.05. The van der Waals surface area contributed by atoms with Crippen molar-refractivity contribution in [2.24, 2.45) is 5.41 Å². The molecule has 132 valence electrons. The largest absolute Gasteiger partial charge is 0.457 e. The van der Waals surface area contributed by atoms with Crippen LogP contribution in [0.1, 0.15) is 47.2 Å². The Morgan fingerprint density at radius 2 is 1.88 bits per heavy atom. The summed E-state index contributed by atoms with van der Waals surface area (Å²) in [5.41, 5.74) is 2.20. The topological polar surface area (TPSA) is 59.3 Å². The maximum Gasteiger partial charge on any atom is 0.169 e. The van der Waals surface area contributed by atoms with E-state index in [-0.39, 0.29) is 17.3 Å². The lowest BCUT2D eigenvalue weighted by molar-refractivity contribution is 0.0285. The summed E-state index contributed by atoms with van der Waals surface area (Å²) in [5, 5.41) is 9.01. The van der Waals surface area contributed by atoms with Crippen LogP contribution in [-0.4, -0.2) is 19.0 Å². The summed E-state index contributed by atoms with van der Waals surface area (Å²) in [7, 11) is 1.75. The van der Waals surface area contributed by atoms with Crippen LogP contribution in [0.25, 0.3) is 0 Å². The van der Waals surface area contributed by atoms with Crippen molar-refractivity contribution in [3.05, 3.63) is 59.2 Å². The molecule has 4 nitrogen and oxygen atoms in total. The van der Waals surface area contributed by atoms with Gasteiger partial charge in [0.15, 0.2) is 5.78 Å². The second kappa shape index (κ2) is 6.59. The lowest BCUT2D eigenvalue weighted by atomic mass is 9.70. The molecule has 2 aliphatic rings. The third-order valence-electron chi connectivity index (χ3n) is 5.76. The molecule has 2 aromatic carbocycles. The molecule has 2 aliphatic carbocycles. The molecule has 0 unspecified atom stereocenters. The van der Waals surface area contributed by atoms with Crippen LogP contribution in [0.3, 0.4) is 0 Å². The van der Waals surface area contributed by atoms with Crippen LogP contribution in [0.15, 0.2) is 42.5 Å². The summed E-state index contributed by atoms with van der Waals surface area (Å²) in [4.78, 5) is 13.1. The number of nitrogens with zero attached hydrogens (tertiary/aromatic N) is 1. The van der Waals surface area contributed by atoms with Crippen molar-refractivity contribution >= 4 is 5.78 Å². The van der Waals surface area contributed by atoms with Gasteiger partial charge in [-0.3, -0.25) is 4.79 Å². The van der Waals surface area contributed by atoms with Crippen molar-refractivity contribution in [3.8, 4) is 17.6 Å². The van der Waals surface area contributed by atoms with E-state index in [0.717, 1.165) is 43.2 Å². The Labute approximate surface area is 153 Å². The number of Topliss-reactive ketones (excluding diaryl/α,β-unsaturated/α-hetero) is 1. The van der Waals surface area contributed by atoms with Crippen LogP contribution in [0.4, 0.5) is 0 Å². The van der Waals surface area contributed by atoms with Crippen LogP contribution in [-0.2, 0) is 11.2 Å². The van der Waals surface area contributed by atoms with Gasteiger partial charge in [0.25, 0.3) is 0 Å². The fourth-order valence-corrected chi connectivity index (χ4v) is 4.26. The van der Waals surface area contributed by atoms with Crippen molar-refractivity contribution in [3.63, 3.8) is 0 Å². The molecule has 0 radical (unpaired) electrons. The molecule has 0 saturated heterocycles. The fourth-order valence-electron chi connectivity index (χ4n) is 4.26. The molecule has 0 atom stereocenters. The Bertz CT molecular complexity index is 889. The van der Waals surface area contributed by atoms with Crippen molar-refractivity contribution in [1.29, 1.82) is 5.26 Å². The number of hydrogen-bond acceptors (Lipinski definition) is 4. The number of carbonyl (C=O) groups excluding carboxylic acids is 1. The molecule has 26 heavy (non-hydrogen) atoms. The first-order valence-electron chi connectivity index (χ1n) is 9.02. The maximum absolute atomic E-state index is 13.1. The van der Waals surface area contributed by atoms with Gasteiger partial charge >= 0.3 is 0 Å². The molecule has 0 aromatic heterocycles. The van der Waals surface area contributed by atoms with Gasteiger partial charge < -0.3 is 9.47 Å². The second-order valence-corrected chi connectivity index (χ2v) is 7.28. The van der Waals surface area contributed by atoms with Crippen molar-refractivity contribution in [2.45, 2.75) is 38.2 Å². The molecular formula is C22H21NO3. The third kappa shape index (κ3) is 2.89. The van der Waals surface area contributed by atoms with E-state index in [1.807, 2.05) is 24.3 Å². The van der Waals surface area contributed by atoms with Crippen LogP contribution in [0, 0.1) is 16.7 Å². The summed E-state index contributed by atoms with van der Waals surface area (Å²) in [5.74, 6) is 1.48. The van der Waals surface area contributed by atoms with E-state index in [1.54, 1.807) is 25.3 Å². The van der Waals surface area contributed by atoms with E-state index in [9.17, 15) is 4.79 Å². The summed E-state index contributed by atoms with van der Waals surface area (Å²) in [6.07, 6.45) is 4.77. The zero-order chi connectivity index (χ0) is 18.1. The average Bonchev–Trinajstić information content (AvgIpc) is 2.94. The molecule has 0 bridgehead atoms. The highest BCUT2D eigenvalue weighted by Crippen LogP contribution is 2.48. The number of hydrogen-bond donors (Lipinski definition) is 0. The number of benzene rings is 2. The van der Waals surface area contributed by atoms with E-state index in [1.165, 1.54) is 0 Å². The minimum absolute atomic E-state index is 0.248. The van der Waals surface area contributed by atoms with Crippen LogP contribution >= 0.6 is 0 Å². The first-order chi connectivity index (χ1) is 12.6. The summed E-state index contributed by atoms with van der Waals surface area (Å²) < 4.78 is 11.3. The predicted molar refractivity (Wildman–Crippen MR) is 97.4 cm³/mol. The van der Waals surface area contributed by atoms with Gasteiger partial charge in [0.2, 0.25) is 0 Å². The molecule has 4 rings (SSSR count). The van der Waals surface area contributed by atoms with Gasteiger partial charge in [-0.25, -0.2) is 0 Å². The van der Waals surface area contributed by atoms with Crippen LogP contribution in [0.2, 0.25) is 0 Å². The average molecular weight is 347 g/mol. The molecular weight excluding hydrogens is 326 g/mol.